The number of benzene rings is 2. The van der Waals surface area contributed by atoms with Crippen LogP contribution in [0.4, 0.5) is 8.78 Å². The molecule has 2 N–H and O–H groups in total. The van der Waals surface area contributed by atoms with E-state index in [0.29, 0.717) is 18.9 Å². The van der Waals surface area contributed by atoms with E-state index >= 15 is 0 Å². The molecule has 0 aromatic heterocycles. The highest BCUT2D eigenvalue weighted by Crippen LogP contribution is 2.21. The summed E-state index contributed by atoms with van der Waals surface area (Å²) >= 11 is 0. The van der Waals surface area contributed by atoms with Gasteiger partial charge in [-0.15, -0.1) is 0 Å². The maximum absolute atomic E-state index is 13.0. The Kier molecular flexibility index (Phi) is 5.69. The molecular formula is C17H19F2NO. The highest BCUT2D eigenvalue weighted by Gasteiger charge is 2.09. The maximum atomic E-state index is 13.0. The Morgan fingerprint density at radius 1 is 1.00 bits per heavy atom. The Morgan fingerprint density at radius 3 is 2.43 bits per heavy atom. The van der Waals surface area contributed by atoms with Crippen molar-refractivity contribution in [2.24, 2.45) is 5.73 Å². The smallest absolute Gasteiger partial charge is 0.126 e. The molecule has 0 aliphatic heterocycles. The van der Waals surface area contributed by atoms with E-state index in [9.17, 15) is 8.78 Å². The third-order valence-electron chi connectivity index (χ3n) is 3.39. The molecule has 112 valence electrons. The van der Waals surface area contributed by atoms with Crippen molar-refractivity contribution in [1.82, 2.24) is 0 Å². The van der Waals surface area contributed by atoms with Crippen molar-refractivity contribution < 1.29 is 13.5 Å². The lowest BCUT2D eigenvalue weighted by Gasteiger charge is -2.15. The third kappa shape index (κ3) is 4.83. The SMILES string of the molecule is NCC(CCCOc1cccc(F)c1)c1ccc(F)cc1. The summed E-state index contributed by atoms with van der Waals surface area (Å²) in [5, 5.41) is 0. The van der Waals surface area contributed by atoms with E-state index < -0.39 is 0 Å². The first-order chi connectivity index (χ1) is 10.2. The second kappa shape index (κ2) is 7.74. The Morgan fingerprint density at radius 2 is 1.76 bits per heavy atom. The summed E-state index contributed by atoms with van der Waals surface area (Å²) < 4.78 is 31.4. The first kappa shape index (κ1) is 15.4. The van der Waals surface area contributed by atoms with Gasteiger partial charge in [-0.1, -0.05) is 18.2 Å². The van der Waals surface area contributed by atoms with E-state index in [-0.39, 0.29) is 17.6 Å². The normalized spacial score (nSPS) is 12.1. The lowest BCUT2D eigenvalue weighted by molar-refractivity contribution is 0.300. The molecule has 0 bridgehead atoms. The molecular weight excluding hydrogens is 272 g/mol. The van der Waals surface area contributed by atoms with Gasteiger partial charge in [-0.2, -0.15) is 0 Å². The predicted molar refractivity (Wildman–Crippen MR) is 79.3 cm³/mol. The van der Waals surface area contributed by atoms with Crippen molar-refractivity contribution in [3.63, 3.8) is 0 Å². The number of nitrogens with two attached hydrogens (primary N) is 1. The van der Waals surface area contributed by atoms with Crippen LogP contribution >= 0.6 is 0 Å². The van der Waals surface area contributed by atoms with Crippen molar-refractivity contribution in [2.45, 2.75) is 18.8 Å². The zero-order valence-corrected chi connectivity index (χ0v) is 11.8. The average Bonchev–Trinajstić information content (AvgIpc) is 2.49. The van der Waals surface area contributed by atoms with Crippen LogP contribution in [0.3, 0.4) is 0 Å². The maximum Gasteiger partial charge on any atom is 0.126 e. The monoisotopic (exact) mass is 291 g/mol. The van der Waals surface area contributed by atoms with Gasteiger partial charge in [0, 0.05) is 6.07 Å². The molecule has 0 saturated heterocycles. The van der Waals surface area contributed by atoms with Crippen LogP contribution in [-0.2, 0) is 0 Å². The second-order valence-electron chi connectivity index (χ2n) is 4.93. The molecule has 1 atom stereocenters. The minimum absolute atomic E-state index is 0.182. The molecule has 2 aromatic rings. The molecule has 0 aliphatic carbocycles. The summed E-state index contributed by atoms with van der Waals surface area (Å²) in [6, 6.07) is 12.5. The lowest BCUT2D eigenvalue weighted by Crippen LogP contribution is -2.13. The molecule has 0 spiro atoms. The van der Waals surface area contributed by atoms with Crippen LogP contribution in [0.1, 0.15) is 24.3 Å². The van der Waals surface area contributed by atoms with E-state index in [1.165, 1.54) is 24.3 Å². The fourth-order valence-corrected chi connectivity index (χ4v) is 2.23. The summed E-state index contributed by atoms with van der Waals surface area (Å²) in [7, 11) is 0. The first-order valence-corrected chi connectivity index (χ1v) is 7.03. The Balaban J connectivity index is 1.79. The summed E-state index contributed by atoms with van der Waals surface area (Å²) in [5.74, 6) is 0.158. The molecule has 4 heteroatoms. The molecule has 2 rings (SSSR count). The summed E-state index contributed by atoms with van der Waals surface area (Å²) in [4.78, 5) is 0. The van der Waals surface area contributed by atoms with Gasteiger partial charge in [0.25, 0.3) is 0 Å². The van der Waals surface area contributed by atoms with Gasteiger partial charge in [-0.3, -0.25) is 0 Å². The van der Waals surface area contributed by atoms with Crippen LogP contribution < -0.4 is 10.5 Å². The van der Waals surface area contributed by atoms with E-state index in [4.69, 9.17) is 10.5 Å². The van der Waals surface area contributed by atoms with E-state index in [2.05, 4.69) is 0 Å². The van der Waals surface area contributed by atoms with Crippen molar-refractivity contribution >= 4 is 0 Å². The molecule has 0 fully saturated rings. The Hall–Kier alpha value is -1.94. The zero-order chi connectivity index (χ0) is 15.1. The van der Waals surface area contributed by atoms with Crippen LogP contribution in [0.25, 0.3) is 0 Å². The molecule has 0 heterocycles. The first-order valence-electron chi connectivity index (χ1n) is 7.03. The van der Waals surface area contributed by atoms with E-state index in [1.807, 2.05) is 0 Å². The van der Waals surface area contributed by atoms with Crippen molar-refractivity contribution in [3.8, 4) is 5.75 Å². The van der Waals surface area contributed by atoms with E-state index in [1.54, 1.807) is 24.3 Å². The molecule has 0 aliphatic rings. The lowest BCUT2D eigenvalue weighted by atomic mass is 9.94. The van der Waals surface area contributed by atoms with Crippen molar-refractivity contribution in [1.29, 1.82) is 0 Å². The number of hydrogen-bond donors (Lipinski definition) is 1. The third-order valence-corrected chi connectivity index (χ3v) is 3.39. The standard InChI is InChI=1S/C17H19F2NO/c18-15-8-6-13(7-9-15)14(12-20)3-2-10-21-17-5-1-4-16(19)11-17/h1,4-9,11,14H,2-3,10,12,20H2. The topological polar surface area (TPSA) is 35.2 Å². The molecule has 1 unspecified atom stereocenters. The van der Waals surface area contributed by atoms with Gasteiger partial charge in [0.15, 0.2) is 0 Å². The molecule has 21 heavy (non-hydrogen) atoms. The zero-order valence-electron chi connectivity index (χ0n) is 11.8. The summed E-state index contributed by atoms with van der Waals surface area (Å²) in [5.41, 5.74) is 6.80. The van der Waals surface area contributed by atoms with Gasteiger partial charge in [-0.25, -0.2) is 8.78 Å². The molecule has 0 radical (unpaired) electrons. The van der Waals surface area contributed by atoms with Crippen LogP contribution in [0.15, 0.2) is 48.5 Å². The van der Waals surface area contributed by atoms with Gasteiger partial charge < -0.3 is 10.5 Å². The largest absolute Gasteiger partial charge is 0.493 e. The van der Waals surface area contributed by atoms with Gasteiger partial charge >= 0.3 is 0 Å². The Bertz CT molecular complexity index is 557. The highest BCUT2D eigenvalue weighted by atomic mass is 19.1. The molecule has 0 amide bonds. The molecule has 2 nitrogen and oxygen atoms in total. The fourth-order valence-electron chi connectivity index (χ4n) is 2.23. The minimum atomic E-state index is -0.307. The number of halogens is 2. The second-order valence-corrected chi connectivity index (χ2v) is 4.93. The van der Waals surface area contributed by atoms with Crippen LogP contribution in [0.2, 0.25) is 0 Å². The van der Waals surface area contributed by atoms with Gasteiger partial charge in [0.1, 0.15) is 17.4 Å². The Labute approximate surface area is 123 Å². The predicted octanol–water partition coefficient (Wildman–Crippen LogP) is 3.87. The van der Waals surface area contributed by atoms with Gasteiger partial charge in [-0.05, 0) is 55.1 Å². The van der Waals surface area contributed by atoms with Gasteiger partial charge in [0.2, 0.25) is 0 Å². The van der Waals surface area contributed by atoms with Gasteiger partial charge in [0.05, 0.1) is 6.61 Å². The van der Waals surface area contributed by atoms with Crippen LogP contribution in [0, 0.1) is 11.6 Å². The quantitative estimate of drug-likeness (QED) is 0.786. The average molecular weight is 291 g/mol. The van der Waals surface area contributed by atoms with E-state index in [0.717, 1.165) is 18.4 Å². The summed E-state index contributed by atoms with van der Waals surface area (Å²) in [6.45, 7) is 1.01. The van der Waals surface area contributed by atoms with Crippen molar-refractivity contribution in [3.05, 3.63) is 65.7 Å². The van der Waals surface area contributed by atoms with Crippen molar-refractivity contribution in [2.75, 3.05) is 13.2 Å². The number of hydrogen-bond acceptors (Lipinski definition) is 2. The fraction of sp³-hybridized carbons (Fsp3) is 0.294. The molecule has 2 aromatic carbocycles. The van der Waals surface area contributed by atoms with Crippen LogP contribution in [0.5, 0.6) is 5.75 Å². The number of rotatable bonds is 7. The number of ether oxygens (including phenoxy) is 1. The summed E-state index contributed by atoms with van der Waals surface area (Å²) in [6.07, 6.45) is 1.65. The highest BCUT2D eigenvalue weighted by molar-refractivity contribution is 5.22. The minimum Gasteiger partial charge on any atom is -0.493 e. The van der Waals surface area contributed by atoms with Crippen LogP contribution in [-0.4, -0.2) is 13.2 Å². The molecule has 0 saturated carbocycles.